The van der Waals surface area contributed by atoms with Gasteiger partial charge >= 0.3 is 0 Å². The van der Waals surface area contributed by atoms with E-state index in [1.807, 2.05) is 0 Å². The van der Waals surface area contributed by atoms with E-state index in [0.29, 0.717) is 4.47 Å². The number of fused-ring (bicyclic) bond motifs is 1. The number of amides is 1. The van der Waals surface area contributed by atoms with Gasteiger partial charge in [-0.15, -0.1) is 0 Å². The molecule has 0 aromatic heterocycles. The summed E-state index contributed by atoms with van der Waals surface area (Å²) in [4.78, 5) is 11.5. The number of halogens is 3. The first-order valence-corrected chi connectivity index (χ1v) is 5.30. The summed E-state index contributed by atoms with van der Waals surface area (Å²) < 4.78 is 32.5. The fraction of sp³-hybridized carbons (Fsp3) is 0.300. The van der Waals surface area contributed by atoms with E-state index in [4.69, 9.17) is 4.74 Å². The molecule has 0 saturated heterocycles. The van der Waals surface area contributed by atoms with Gasteiger partial charge in [-0.2, -0.15) is 0 Å². The van der Waals surface area contributed by atoms with Crippen LogP contribution in [0.5, 0.6) is 0 Å². The van der Waals surface area contributed by atoms with Gasteiger partial charge in [-0.1, -0.05) is 15.9 Å². The number of nitrogens with one attached hydrogen (secondary N) is 1. The Hall–Kier alpha value is -1.01. The van der Waals surface area contributed by atoms with E-state index < -0.39 is 24.1 Å². The first-order valence-electron chi connectivity index (χ1n) is 4.51. The van der Waals surface area contributed by atoms with Crippen LogP contribution in [-0.2, 0) is 4.74 Å². The van der Waals surface area contributed by atoms with Crippen molar-refractivity contribution >= 4 is 21.8 Å². The standard InChI is InChI=1S/C10H8BrF2NO2/c1-16-10-8(13)5-2-4(11)3-6(12)7(5)9(15)14-10/h2-3,8,10H,1H3,(H,14,15). The number of benzene rings is 1. The first-order chi connectivity index (χ1) is 7.54. The van der Waals surface area contributed by atoms with E-state index >= 15 is 0 Å². The van der Waals surface area contributed by atoms with E-state index in [0.717, 1.165) is 6.07 Å². The summed E-state index contributed by atoms with van der Waals surface area (Å²) in [6, 6.07) is 2.51. The highest BCUT2D eigenvalue weighted by atomic mass is 79.9. The van der Waals surface area contributed by atoms with E-state index in [9.17, 15) is 13.6 Å². The van der Waals surface area contributed by atoms with E-state index in [2.05, 4.69) is 21.2 Å². The molecule has 2 rings (SSSR count). The molecular weight excluding hydrogens is 284 g/mol. The predicted molar refractivity (Wildman–Crippen MR) is 56.2 cm³/mol. The number of ether oxygens (including phenoxy) is 1. The molecule has 0 saturated carbocycles. The maximum atomic E-state index is 13.8. The van der Waals surface area contributed by atoms with Gasteiger partial charge in [0.15, 0.2) is 12.4 Å². The molecule has 2 atom stereocenters. The molecule has 0 fully saturated rings. The van der Waals surface area contributed by atoms with Crippen molar-refractivity contribution in [2.75, 3.05) is 7.11 Å². The molecular formula is C10H8BrF2NO2. The molecule has 1 aliphatic heterocycles. The molecule has 1 amide bonds. The minimum Gasteiger partial charge on any atom is -0.358 e. The van der Waals surface area contributed by atoms with Crippen molar-refractivity contribution in [3.63, 3.8) is 0 Å². The molecule has 1 aliphatic rings. The van der Waals surface area contributed by atoms with Crippen LogP contribution in [-0.4, -0.2) is 19.2 Å². The lowest BCUT2D eigenvalue weighted by atomic mass is 9.97. The molecule has 86 valence electrons. The summed E-state index contributed by atoms with van der Waals surface area (Å²) in [5.41, 5.74) is -0.258. The van der Waals surface area contributed by atoms with Gasteiger partial charge in [0.1, 0.15) is 5.82 Å². The number of carbonyl (C=O) groups is 1. The summed E-state index contributed by atoms with van der Waals surface area (Å²) in [7, 11) is 1.27. The molecule has 0 spiro atoms. The Morgan fingerprint density at radius 3 is 2.81 bits per heavy atom. The molecule has 0 bridgehead atoms. The van der Waals surface area contributed by atoms with Crippen LogP contribution in [0.1, 0.15) is 22.1 Å². The van der Waals surface area contributed by atoms with Gasteiger partial charge in [0.05, 0.1) is 5.56 Å². The minimum absolute atomic E-state index is 0.00229. The van der Waals surface area contributed by atoms with Crippen molar-refractivity contribution in [1.82, 2.24) is 5.32 Å². The third-order valence-electron chi connectivity index (χ3n) is 2.40. The molecule has 0 aliphatic carbocycles. The van der Waals surface area contributed by atoms with Crippen LogP contribution in [0.3, 0.4) is 0 Å². The highest BCUT2D eigenvalue weighted by Crippen LogP contribution is 2.33. The van der Waals surface area contributed by atoms with Gasteiger partial charge in [-0.25, -0.2) is 8.78 Å². The van der Waals surface area contributed by atoms with Crippen LogP contribution < -0.4 is 5.32 Å². The Morgan fingerprint density at radius 1 is 1.50 bits per heavy atom. The molecule has 6 heteroatoms. The maximum Gasteiger partial charge on any atom is 0.256 e. The largest absolute Gasteiger partial charge is 0.358 e. The average molecular weight is 292 g/mol. The summed E-state index contributed by atoms with van der Waals surface area (Å²) >= 11 is 3.05. The Kier molecular flexibility index (Phi) is 2.94. The molecule has 1 heterocycles. The highest BCUT2D eigenvalue weighted by molar-refractivity contribution is 9.10. The molecule has 1 N–H and O–H groups in total. The summed E-state index contributed by atoms with van der Waals surface area (Å²) in [6.07, 6.45) is -2.65. The Labute approximate surface area is 98.9 Å². The SMILES string of the molecule is COC1NC(=O)c2c(F)cc(Br)cc2C1F. The van der Waals surface area contributed by atoms with Crippen LogP contribution in [0.15, 0.2) is 16.6 Å². The number of carbonyl (C=O) groups excluding carboxylic acids is 1. The number of hydrogen-bond acceptors (Lipinski definition) is 2. The van der Waals surface area contributed by atoms with Gasteiger partial charge in [-0.3, -0.25) is 4.79 Å². The van der Waals surface area contributed by atoms with Crippen molar-refractivity contribution in [2.45, 2.75) is 12.4 Å². The fourth-order valence-corrected chi connectivity index (χ4v) is 2.11. The quantitative estimate of drug-likeness (QED) is 0.862. The minimum atomic E-state index is -1.58. The Balaban J connectivity index is 2.59. The summed E-state index contributed by atoms with van der Waals surface area (Å²) in [5, 5.41) is 2.24. The van der Waals surface area contributed by atoms with Gasteiger partial charge < -0.3 is 10.1 Å². The third kappa shape index (κ3) is 1.72. The summed E-state index contributed by atoms with van der Waals surface area (Å²) in [6.45, 7) is 0. The second-order valence-corrected chi connectivity index (χ2v) is 4.30. The predicted octanol–water partition coefficient (Wildman–Crippen LogP) is 2.31. The van der Waals surface area contributed by atoms with Crippen molar-refractivity contribution in [3.8, 4) is 0 Å². The maximum absolute atomic E-state index is 13.8. The zero-order valence-corrected chi connectivity index (χ0v) is 9.85. The van der Waals surface area contributed by atoms with Crippen molar-refractivity contribution in [3.05, 3.63) is 33.5 Å². The Morgan fingerprint density at radius 2 is 2.19 bits per heavy atom. The van der Waals surface area contributed by atoms with Gasteiger partial charge in [0.25, 0.3) is 5.91 Å². The smallest absolute Gasteiger partial charge is 0.256 e. The molecule has 3 nitrogen and oxygen atoms in total. The monoisotopic (exact) mass is 291 g/mol. The van der Waals surface area contributed by atoms with Crippen molar-refractivity contribution < 1.29 is 18.3 Å². The van der Waals surface area contributed by atoms with Gasteiger partial charge in [-0.05, 0) is 12.1 Å². The van der Waals surface area contributed by atoms with Gasteiger partial charge in [0.2, 0.25) is 0 Å². The van der Waals surface area contributed by atoms with Crippen molar-refractivity contribution in [1.29, 1.82) is 0 Å². The number of rotatable bonds is 1. The topological polar surface area (TPSA) is 38.3 Å². The van der Waals surface area contributed by atoms with Gasteiger partial charge in [0, 0.05) is 17.1 Å². The third-order valence-corrected chi connectivity index (χ3v) is 2.86. The molecule has 1 aromatic carbocycles. The second kappa shape index (κ2) is 4.10. The highest BCUT2D eigenvalue weighted by Gasteiger charge is 2.36. The van der Waals surface area contributed by atoms with Crippen LogP contribution in [0.25, 0.3) is 0 Å². The summed E-state index contributed by atoms with van der Waals surface area (Å²) in [5.74, 6) is -1.42. The molecule has 2 unspecified atom stereocenters. The number of alkyl halides is 1. The zero-order chi connectivity index (χ0) is 11.9. The van der Waals surface area contributed by atoms with E-state index in [-0.39, 0.29) is 11.1 Å². The lowest BCUT2D eigenvalue weighted by Crippen LogP contribution is -2.44. The number of hydrogen-bond donors (Lipinski definition) is 1. The molecule has 16 heavy (non-hydrogen) atoms. The van der Waals surface area contributed by atoms with E-state index in [1.54, 1.807) is 0 Å². The lowest BCUT2D eigenvalue weighted by Gasteiger charge is -2.28. The number of methoxy groups -OCH3 is 1. The average Bonchev–Trinajstić information content (AvgIpc) is 2.22. The van der Waals surface area contributed by atoms with Crippen molar-refractivity contribution in [2.24, 2.45) is 0 Å². The van der Waals surface area contributed by atoms with E-state index in [1.165, 1.54) is 13.2 Å². The zero-order valence-electron chi connectivity index (χ0n) is 8.26. The van der Waals surface area contributed by atoms with Crippen LogP contribution in [0, 0.1) is 5.82 Å². The van der Waals surface area contributed by atoms with Crippen LogP contribution >= 0.6 is 15.9 Å². The second-order valence-electron chi connectivity index (χ2n) is 3.38. The molecule has 1 aromatic rings. The van der Waals surface area contributed by atoms with Crippen LogP contribution in [0.4, 0.5) is 8.78 Å². The van der Waals surface area contributed by atoms with Crippen LogP contribution in [0.2, 0.25) is 0 Å². The fourth-order valence-electron chi connectivity index (χ4n) is 1.67. The Bertz CT molecular complexity index is 453. The normalized spacial score (nSPS) is 23.9. The first kappa shape index (κ1) is 11.5. The molecule has 0 radical (unpaired) electrons. The lowest BCUT2D eigenvalue weighted by molar-refractivity contribution is 0.00234.